The number of nitrogens with one attached hydrogen (secondary N) is 1. The van der Waals surface area contributed by atoms with E-state index in [0.29, 0.717) is 25.6 Å². The van der Waals surface area contributed by atoms with E-state index in [1.807, 2.05) is 41.0 Å². The minimum atomic E-state index is 0. The van der Waals surface area contributed by atoms with Gasteiger partial charge in [-0.05, 0) is 6.07 Å². The monoisotopic (exact) mass is 521 g/mol. The van der Waals surface area contributed by atoms with Gasteiger partial charge in [-0.3, -0.25) is 19.0 Å². The number of hydrogen-bond donors (Lipinski definition) is 1. The van der Waals surface area contributed by atoms with Gasteiger partial charge in [-0.15, -0.1) is 24.0 Å². The summed E-state index contributed by atoms with van der Waals surface area (Å²) in [6.07, 6.45) is 10.6. The third-order valence-corrected chi connectivity index (χ3v) is 4.79. The van der Waals surface area contributed by atoms with Crippen LogP contribution in [0.15, 0.2) is 54.4 Å². The number of anilines is 1. The Morgan fingerprint density at radius 1 is 1.30 bits per heavy atom. The second-order valence-electron chi connectivity index (χ2n) is 6.70. The molecule has 0 atom stereocenters. The highest BCUT2D eigenvalue weighted by molar-refractivity contribution is 14.0. The number of aryl methyl sites for hydroxylation is 1. The highest BCUT2D eigenvalue weighted by Gasteiger charge is 2.27. The van der Waals surface area contributed by atoms with Crippen LogP contribution in [0.2, 0.25) is 0 Å². The number of rotatable bonds is 4. The standard InChI is InChI=1S/C19H23N9O.HI/c1-20-19(23-10-15-4-3-5-22-18(15)27-7-6-21-14-27)26-8-9-28(17(29)13-26)16-11-24-25(2)12-16;/h3-7,11-12,14H,8-10,13H2,1-2H3,(H,20,23);1H. The molecule has 4 rings (SSSR count). The van der Waals surface area contributed by atoms with Crippen LogP contribution in [0.4, 0.5) is 5.69 Å². The Morgan fingerprint density at radius 3 is 2.83 bits per heavy atom. The van der Waals surface area contributed by atoms with Gasteiger partial charge in [-0.2, -0.15) is 5.10 Å². The van der Waals surface area contributed by atoms with Crippen LogP contribution < -0.4 is 10.2 Å². The molecule has 3 aromatic rings. The molecular weight excluding hydrogens is 497 g/mol. The Kier molecular flexibility index (Phi) is 7.03. The molecule has 1 amide bonds. The van der Waals surface area contributed by atoms with E-state index < -0.39 is 0 Å². The first kappa shape index (κ1) is 21.7. The molecule has 1 fully saturated rings. The van der Waals surface area contributed by atoms with E-state index in [-0.39, 0.29) is 36.4 Å². The molecule has 0 aliphatic carbocycles. The number of hydrogen-bond acceptors (Lipinski definition) is 5. The predicted molar refractivity (Wildman–Crippen MR) is 124 cm³/mol. The molecular formula is C19H24IN9O. The van der Waals surface area contributed by atoms with Crippen LogP contribution >= 0.6 is 24.0 Å². The molecule has 1 N–H and O–H groups in total. The number of amides is 1. The number of imidazole rings is 1. The number of pyridine rings is 1. The van der Waals surface area contributed by atoms with Gasteiger partial charge in [0.25, 0.3) is 0 Å². The summed E-state index contributed by atoms with van der Waals surface area (Å²) < 4.78 is 3.57. The van der Waals surface area contributed by atoms with Gasteiger partial charge >= 0.3 is 0 Å². The van der Waals surface area contributed by atoms with Crippen molar-refractivity contribution in [3.8, 4) is 5.82 Å². The van der Waals surface area contributed by atoms with Gasteiger partial charge in [0, 0.05) is 64.1 Å². The van der Waals surface area contributed by atoms with Crippen molar-refractivity contribution in [3.63, 3.8) is 0 Å². The molecule has 4 heterocycles. The first-order valence-electron chi connectivity index (χ1n) is 9.32. The van der Waals surface area contributed by atoms with Crippen LogP contribution in [-0.2, 0) is 18.4 Å². The number of carbonyl (C=O) groups excluding carboxylic acids is 1. The van der Waals surface area contributed by atoms with Crippen molar-refractivity contribution in [1.82, 2.24) is 34.5 Å². The summed E-state index contributed by atoms with van der Waals surface area (Å²) in [6, 6.07) is 3.91. The first-order valence-corrected chi connectivity index (χ1v) is 9.32. The van der Waals surface area contributed by atoms with E-state index in [0.717, 1.165) is 17.1 Å². The van der Waals surface area contributed by atoms with E-state index in [1.54, 1.807) is 41.5 Å². The highest BCUT2D eigenvalue weighted by Crippen LogP contribution is 2.16. The lowest BCUT2D eigenvalue weighted by atomic mass is 10.2. The summed E-state index contributed by atoms with van der Waals surface area (Å²) in [5.74, 6) is 1.52. The van der Waals surface area contributed by atoms with E-state index in [4.69, 9.17) is 0 Å². The lowest BCUT2D eigenvalue weighted by Crippen LogP contribution is -2.55. The lowest BCUT2D eigenvalue weighted by molar-refractivity contribution is -0.120. The molecule has 158 valence electrons. The zero-order valence-electron chi connectivity index (χ0n) is 16.8. The van der Waals surface area contributed by atoms with Crippen molar-refractivity contribution < 1.29 is 4.79 Å². The molecule has 3 aromatic heterocycles. The molecule has 1 aliphatic rings. The quantitative estimate of drug-likeness (QED) is 0.313. The van der Waals surface area contributed by atoms with Crippen molar-refractivity contribution in [3.05, 3.63) is 55.0 Å². The zero-order chi connectivity index (χ0) is 20.2. The van der Waals surface area contributed by atoms with E-state index in [1.165, 1.54) is 0 Å². The van der Waals surface area contributed by atoms with Gasteiger partial charge in [0.05, 0.1) is 11.9 Å². The molecule has 1 saturated heterocycles. The summed E-state index contributed by atoms with van der Waals surface area (Å²) >= 11 is 0. The average Bonchev–Trinajstić information content (AvgIpc) is 3.41. The van der Waals surface area contributed by atoms with Crippen molar-refractivity contribution in [2.45, 2.75) is 6.54 Å². The normalized spacial score (nSPS) is 14.6. The van der Waals surface area contributed by atoms with Gasteiger partial charge in [0.15, 0.2) is 5.96 Å². The first-order chi connectivity index (χ1) is 14.2. The van der Waals surface area contributed by atoms with Crippen LogP contribution in [0.3, 0.4) is 0 Å². The zero-order valence-corrected chi connectivity index (χ0v) is 19.2. The van der Waals surface area contributed by atoms with Crippen molar-refractivity contribution in [1.29, 1.82) is 0 Å². The number of guanidine groups is 1. The maximum Gasteiger partial charge on any atom is 0.246 e. The molecule has 0 saturated carbocycles. The fourth-order valence-electron chi connectivity index (χ4n) is 3.37. The van der Waals surface area contributed by atoms with Gasteiger partial charge in [0.1, 0.15) is 18.7 Å². The summed E-state index contributed by atoms with van der Waals surface area (Å²) in [7, 11) is 3.56. The topological polar surface area (TPSA) is 96.5 Å². The number of nitrogens with zero attached hydrogens (tertiary/aromatic N) is 8. The minimum absolute atomic E-state index is 0. The van der Waals surface area contributed by atoms with Gasteiger partial charge in [0.2, 0.25) is 5.91 Å². The van der Waals surface area contributed by atoms with E-state index in [9.17, 15) is 4.79 Å². The van der Waals surface area contributed by atoms with Crippen LogP contribution in [0.5, 0.6) is 0 Å². The second kappa shape index (κ2) is 9.69. The van der Waals surface area contributed by atoms with Gasteiger partial charge < -0.3 is 15.1 Å². The highest BCUT2D eigenvalue weighted by atomic mass is 127. The average molecular weight is 521 g/mol. The molecule has 0 radical (unpaired) electrons. The molecule has 0 bridgehead atoms. The van der Waals surface area contributed by atoms with Crippen LogP contribution in [0.1, 0.15) is 5.56 Å². The smallest absolute Gasteiger partial charge is 0.246 e. The van der Waals surface area contributed by atoms with Crippen molar-refractivity contribution in [2.75, 3.05) is 31.6 Å². The Hall–Kier alpha value is -2.96. The Labute approximate surface area is 191 Å². The minimum Gasteiger partial charge on any atom is -0.352 e. The fraction of sp³-hybridized carbons (Fsp3) is 0.316. The summed E-state index contributed by atoms with van der Waals surface area (Å²) in [5, 5.41) is 7.50. The van der Waals surface area contributed by atoms with Crippen LogP contribution in [0, 0.1) is 0 Å². The lowest BCUT2D eigenvalue weighted by Gasteiger charge is -2.35. The third kappa shape index (κ3) is 4.61. The number of carbonyl (C=O) groups is 1. The molecule has 11 heteroatoms. The Morgan fingerprint density at radius 2 is 2.17 bits per heavy atom. The SMILES string of the molecule is CN=C(NCc1cccnc1-n1ccnc1)N1CCN(c2cnn(C)c2)C(=O)C1.I. The number of aliphatic imine (C=N–C) groups is 1. The number of piperazine rings is 1. The van der Waals surface area contributed by atoms with E-state index in [2.05, 4.69) is 25.4 Å². The second-order valence-corrected chi connectivity index (χ2v) is 6.70. The molecule has 0 unspecified atom stereocenters. The Balaban J connectivity index is 0.00000256. The maximum absolute atomic E-state index is 12.7. The van der Waals surface area contributed by atoms with Crippen molar-refractivity contribution in [2.24, 2.45) is 12.0 Å². The summed E-state index contributed by atoms with van der Waals surface area (Å²) in [5.41, 5.74) is 1.83. The summed E-state index contributed by atoms with van der Waals surface area (Å²) in [4.78, 5) is 29.3. The molecule has 1 aliphatic heterocycles. The molecule has 30 heavy (non-hydrogen) atoms. The van der Waals surface area contributed by atoms with Crippen LogP contribution in [-0.4, -0.2) is 67.8 Å². The van der Waals surface area contributed by atoms with Gasteiger partial charge in [-0.25, -0.2) is 9.97 Å². The van der Waals surface area contributed by atoms with Crippen LogP contribution in [0.25, 0.3) is 5.82 Å². The van der Waals surface area contributed by atoms with Crippen molar-refractivity contribution >= 4 is 41.5 Å². The maximum atomic E-state index is 12.7. The third-order valence-electron chi connectivity index (χ3n) is 4.79. The van der Waals surface area contributed by atoms with Gasteiger partial charge in [-0.1, -0.05) is 6.07 Å². The molecule has 10 nitrogen and oxygen atoms in total. The fourth-order valence-corrected chi connectivity index (χ4v) is 3.37. The Bertz CT molecular complexity index is 1010. The summed E-state index contributed by atoms with van der Waals surface area (Å²) in [6.45, 7) is 2.06. The number of aromatic nitrogens is 5. The largest absolute Gasteiger partial charge is 0.352 e. The molecule has 0 aromatic carbocycles. The number of halogens is 1. The molecule has 0 spiro atoms. The van der Waals surface area contributed by atoms with E-state index >= 15 is 0 Å². The predicted octanol–water partition coefficient (Wildman–Crippen LogP) is 1.04.